The second-order valence-corrected chi connectivity index (χ2v) is 18.1. The normalized spacial score (nSPS) is 13.7. The Morgan fingerprint density at radius 2 is 1.59 bits per heavy atom. The molecule has 3 nitrogen and oxygen atoms in total. The van der Waals surface area contributed by atoms with Crippen LogP contribution in [0.15, 0.2) is 66.9 Å². The fraction of sp³-hybridized carbons (Fsp3) is 0.353. The van der Waals surface area contributed by atoms with Crippen molar-refractivity contribution in [3.63, 3.8) is 0 Å². The summed E-state index contributed by atoms with van der Waals surface area (Å²) in [5.74, 6) is -2.26. The van der Waals surface area contributed by atoms with E-state index in [1.165, 1.54) is 6.07 Å². The number of aromatic nitrogens is 1. The SMILES string of the molecule is CCC[C@H](c1ccc(C(=O)OC(C)(C)C)cc1)C(c1ccc(Cl)cc1)c1ccnc2c([Si](C)(C)C)c(F)c(F)cc12. The zero-order valence-corrected chi connectivity index (χ0v) is 26.6. The van der Waals surface area contributed by atoms with E-state index in [4.69, 9.17) is 16.3 Å². The van der Waals surface area contributed by atoms with Gasteiger partial charge in [-0.2, -0.15) is 0 Å². The van der Waals surface area contributed by atoms with E-state index in [0.29, 0.717) is 26.7 Å². The number of pyridine rings is 1. The van der Waals surface area contributed by atoms with Gasteiger partial charge in [-0.25, -0.2) is 13.6 Å². The van der Waals surface area contributed by atoms with Gasteiger partial charge in [0.05, 0.1) is 19.2 Å². The predicted molar refractivity (Wildman–Crippen MR) is 167 cm³/mol. The molecule has 0 N–H and O–H groups in total. The predicted octanol–water partition coefficient (Wildman–Crippen LogP) is 9.38. The number of hydrogen-bond acceptors (Lipinski definition) is 3. The van der Waals surface area contributed by atoms with Crippen LogP contribution in [-0.4, -0.2) is 24.6 Å². The van der Waals surface area contributed by atoms with Crippen LogP contribution < -0.4 is 5.19 Å². The highest BCUT2D eigenvalue weighted by atomic mass is 35.5. The summed E-state index contributed by atoms with van der Waals surface area (Å²) in [5.41, 5.74) is 3.34. The molecule has 0 fully saturated rings. The van der Waals surface area contributed by atoms with Crippen molar-refractivity contribution in [2.24, 2.45) is 0 Å². The number of benzene rings is 3. The first kappa shape index (κ1) is 30.9. The van der Waals surface area contributed by atoms with E-state index in [0.717, 1.165) is 29.5 Å². The molecule has 0 radical (unpaired) electrons. The molecule has 0 aliphatic rings. The standard InChI is InChI=1S/C34H38ClF2NO2Si/c1-8-9-25(21-10-12-23(13-11-21)33(39)40-34(2,3)4)29(22-14-16-24(35)17-15-22)26-18-19-38-31-27(26)20-28(36)30(37)32(31)41(5,6)7/h10-20,25,29H,8-9H2,1-7H3/t25-,29?/m1/s1. The Morgan fingerprint density at radius 3 is 2.15 bits per heavy atom. The van der Waals surface area contributed by atoms with Gasteiger partial charge in [0.1, 0.15) is 5.60 Å². The van der Waals surface area contributed by atoms with Crippen LogP contribution in [0.25, 0.3) is 10.9 Å². The van der Waals surface area contributed by atoms with Crippen molar-refractivity contribution in [2.75, 3.05) is 0 Å². The van der Waals surface area contributed by atoms with Crippen LogP contribution in [0.3, 0.4) is 0 Å². The fourth-order valence-electron chi connectivity index (χ4n) is 5.55. The Hall–Kier alpha value is -3.09. The third-order valence-electron chi connectivity index (χ3n) is 7.25. The zero-order chi connectivity index (χ0) is 30.1. The Balaban J connectivity index is 1.94. The van der Waals surface area contributed by atoms with Gasteiger partial charge in [0.2, 0.25) is 0 Å². The summed E-state index contributed by atoms with van der Waals surface area (Å²) in [6.45, 7) is 13.7. The van der Waals surface area contributed by atoms with E-state index >= 15 is 8.78 Å². The first-order valence-corrected chi connectivity index (χ1v) is 17.9. The highest BCUT2D eigenvalue weighted by molar-refractivity contribution is 6.90. The molecule has 1 aromatic heterocycles. The number of nitrogens with zero attached hydrogens (tertiary/aromatic N) is 1. The van der Waals surface area contributed by atoms with Gasteiger partial charge in [0.15, 0.2) is 11.6 Å². The molecule has 0 spiro atoms. The monoisotopic (exact) mass is 593 g/mol. The molecule has 41 heavy (non-hydrogen) atoms. The molecule has 1 heterocycles. The molecule has 0 saturated carbocycles. The van der Waals surface area contributed by atoms with Gasteiger partial charge in [0.25, 0.3) is 0 Å². The first-order valence-electron chi connectivity index (χ1n) is 14.1. The van der Waals surface area contributed by atoms with E-state index in [1.54, 1.807) is 18.3 Å². The summed E-state index contributed by atoms with van der Waals surface area (Å²) in [4.78, 5) is 17.3. The quantitative estimate of drug-likeness (QED) is 0.151. The number of halogens is 3. The van der Waals surface area contributed by atoms with Crippen molar-refractivity contribution in [3.8, 4) is 0 Å². The molecule has 0 aliphatic carbocycles. The molecule has 216 valence electrons. The van der Waals surface area contributed by atoms with Gasteiger partial charge in [-0.05, 0) is 86.2 Å². The maximum Gasteiger partial charge on any atom is 0.338 e. The van der Waals surface area contributed by atoms with E-state index < -0.39 is 25.3 Å². The third-order valence-corrected chi connectivity index (χ3v) is 9.46. The van der Waals surface area contributed by atoms with Crippen molar-refractivity contribution in [2.45, 2.75) is 77.6 Å². The molecule has 2 atom stereocenters. The lowest BCUT2D eigenvalue weighted by Gasteiger charge is -2.30. The minimum Gasteiger partial charge on any atom is -0.456 e. The largest absolute Gasteiger partial charge is 0.456 e. The van der Waals surface area contributed by atoms with Crippen molar-refractivity contribution in [1.29, 1.82) is 0 Å². The van der Waals surface area contributed by atoms with Crippen LogP contribution in [0.1, 0.15) is 79.4 Å². The number of ether oxygens (including phenoxy) is 1. The van der Waals surface area contributed by atoms with Crippen LogP contribution in [0, 0.1) is 11.6 Å². The summed E-state index contributed by atoms with van der Waals surface area (Å²) < 4.78 is 36.0. The maximum absolute atomic E-state index is 15.2. The van der Waals surface area contributed by atoms with E-state index in [1.807, 2.05) is 82.9 Å². The summed E-state index contributed by atoms with van der Waals surface area (Å²) in [6, 6.07) is 18.5. The topological polar surface area (TPSA) is 39.2 Å². The second-order valence-electron chi connectivity index (χ2n) is 12.6. The van der Waals surface area contributed by atoms with Gasteiger partial charge in [-0.15, -0.1) is 0 Å². The molecular weight excluding hydrogens is 556 g/mol. The van der Waals surface area contributed by atoms with Crippen molar-refractivity contribution >= 4 is 41.7 Å². The van der Waals surface area contributed by atoms with Crippen molar-refractivity contribution in [3.05, 3.63) is 106 Å². The molecular formula is C34H38ClF2NO2Si. The van der Waals surface area contributed by atoms with Crippen molar-refractivity contribution < 1.29 is 18.3 Å². The summed E-state index contributed by atoms with van der Waals surface area (Å²) in [6.07, 6.45) is 3.43. The number of esters is 1. The Kier molecular flexibility index (Phi) is 9.05. The van der Waals surface area contributed by atoms with E-state index in [-0.39, 0.29) is 17.8 Å². The average molecular weight is 594 g/mol. The van der Waals surface area contributed by atoms with Gasteiger partial charge < -0.3 is 4.74 Å². The first-order chi connectivity index (χ1) is 19.2. The molecule has 4 aromatic rings. The zero-order valence-electron chi connectivity index (χ0n) is 24.8. The summed E-state index contributed by atoms with van der Waals surface area (Å²) in [5, 5.41) is 1.64. The van der Waals surface area contributed by atoms with Crippen molar-refractivity contribution in [1.82, 2.24) is 4.98 Å². The Bertz CT molecular complexity index is 1540. The Labute approximate surface area is 247 Å². The third kappa shape index (κ3) is 6.87. The van der Waals surface area contributed by atoms with Crippen LogP contribution in [0.2, 0.25) is 24.7 Å². The van der Waals surface area contributed by atoms with Gasteiger partial charge in [-0.1, -0.05) is 68.9 Å². The smallest absolute Gasteiger partial charge is 0.338 e. The lowest BCUT2D eigenvalue weighted by atomic mass is 9.74. The molecule has 3 aromatic carbocycles. The lowest BCUT2D eigenvalue weighted by Crippen LogP contribution is -2.41. The lowest BCUT2D eigenvalue weighted by molar-refractivity contribution is 0.00694. The number of hydrogen-bond donors (Lipinski definition) is 0. The minimum atomic E-state index is -2.30. The number of carbonyl (C=O) groups excluding carboxylic acids is 1. The average Bonchev–Trinajstić information content (AvgIpc) is 2.88. The van der Waals surface area contributed by atoms with Gasteiger partial charge >= 0.3 is 5.97 Å². The summed E-state index contributed by atoms with van der Waals surface area (Å²) in [7, 11) is -2.30. The number of rotatable bonds is 8. The molecule has 1 unspecified atom stereocenters. The van der Waals surface area contributed by atoms with Crippen LogP contribution in [0.5, 0.6) is 0 Å². The highest BCUT2D eigenvalue weighted by Gasteiger charge is 2.32. The number of carbonyl (C=O) groups is 1. The second kappa shape index (κ2) is 12.0. The van der Waals surface area contributed by atoms with Crippen LogP contribution >= 0.6 is 11.6 Å². The van der Waals surface area contributed by atoms with Gasteiger partial charge in [0, 0.05) is 27.7 Å². The maximum atomic E-state index is 15.2. The molecule has 7 heteroatoms. The molecule has 0 amide bonds. The molecule has 0 bridgehead atoms. The molecule has 0 aliphatic heterocycles. The Morgan fingerprint density at radius 1 is 0.976 bits per heavy atom. The van der Waals surface area contributed by atoms with E-state index in [2.05, 4.69) is 11.9 Å². The van der Waals surface area contributed by atoms with Gasteiger partial charge in [-0.3, -0.25) is 4.98 Å². The summed E-state index contributed by atoms with van der Waals surface area (Å²) >= 11 is 6.28. The van der Waals surface area contributed by atoms with Crippen LogP contribution in [-0.2, 0) is 4.74 Å². The molecule has 0 saturated heterocycles. The fourth-order valence-corrected chi connectivity index (χ4v) is 7.36. The number of fused-ring (bicyclic) bond motifs is 1. The van der Waals surface area contributed by atoms with E-state index in [9.17, 15) is 4.79 Å². The minimum absolute atomic E-state index is 0.0251. The van der Waals surface area contributed by atoms with Crippen LogP contribution in [0.4, 0.5) is 8.78 Å². The molecule has 4 rings (SSSR count). The highest BCUT2D eigenvalue weighted by Crippen LogP contribution is 2.44.